The van der Waals surface area contributed by atoms with Gasteiger partial charge < -0.3 is 15.4 Å². The summed E-state index contributed by atoms with van der Waals surface area (Å²) in [4.78, 5) is 22.9. The highest BCUT2D eigenvalue weighted by molar-refractivity contribution is 5.90. The number of carbonyl (C=O) groups excluding carboxylic acids is 2. The van der Waals surface area contributed by atoms with Crippen LogP contribution in [0, 0.1) is 0 Å². The monoisotopic (exact) mass is 156 g/mol. The van der Waals surface area contributed by atoms with Crippen LogP contribution >= 0.6 is 0 Å². The number of rotatable bonds is 2. The first-order chi connectivity index (χ1) is 5.18. The second-order valence-corrected chi connectivity index (χ2v) is 2.78. The van der Waals surface area contributed by atoms with E-state index in [2.05, 4.69) is 0 Å². The molecule has 2 fully saturated rings. The molecule has 0 radical (unpaired) electrons. The molecule has 5 nitrogen and oxygen atoms in total. The van der Waals surface area contributed by atoms with Crippen LogP contribution in [0.2, 0.25) is 0 Å². The van der Waals surface area contributed by atoms with Crippen LogP contribution in [0.5, 0.6) is 0 Å². The van der Waals surface area contributed by atoms with E-state index in [0.717, 1.165) is 0 Å². The van der Waals surface area contributed by atoms with Gasteiger partial charge in [0, 0.05) is 0 Å². The summed E-state index contributed by atoms with van der Waals surface area (Å²) in [5.74, 6) is -0.576. The summed E-state index contributed by atoms with van der Waals surface area (Å²) in [6, 6.07) is 0. The molecule has 0 bridgehead atoms. The summed E-state index contributed by atoms with van der Waals surface area (Å²) < 4.78 is 4.93. The van der Waals surface area contributed by atoms with Gasteiger partial charge in [-0.1, -0.05) is 0 Å². The van der Waals surface area contributed by atoms with E-state index in [1.54, 1.807) is 0 Å². The molecule has 2 heterocycles. The molecule has 60 valence electrons. The van der Waals surface area contributed by atoms with Crippen molar-refractivity contribution in [2.45, 2.75) is 12.2 Å². The molecule has 2 N–H and O–H groups in total. The van der Waals surface area contributed by atoms with E-state index < -0.39 is 5.91 Å². The molecule has 2 saturated heterocycles. The van der Waals surface area contributed by atoms with Gasteiger partial charge >= 0.3 is 0 Å². The van der Waals surface area contributed by atoms with Crippen molar-refractivity contribution in [3.63, 3.8) is 0 Å². The van der Waals surface area contributed by atoms with E-state index in [9.17, 15) is 9.59 Å². The SMILES string of the molecule is NC(=O)CN1CC2OC2C1=O. The normalized spacial score (nSPS) is 33.8. The van der Waals surface area contributed by atoms with Crippen LogP contribution in [-0.2, 0) is 14.3 Å². The lowest BCUT2D eigenvalue weighted by Gasteiger charge is -2.14. The first kappa shape index (κ1) is 6.60. The van der Waals surface area contributed by atoms with Gasteiger partial charge in [0.25, 0.3) is 5.91 Å². The average Bonchev–Trinajstić information content (AvgIpc) is 2.58. The minimum absolute atomic E-state index is 0.0230. The van der Waals surface area contributed by atoms with Crippen LogP contribution in [0.4, 0.5) is 0 Å². The second-order valence-electron chi connectivity index (χ2n) is 2.78. The van der Waals surface area contributed by atoms with Crippen LogP contribution in [0.1, 0.15) is 0 Å². The molecule has 2 atom stereocenters. The van der Waals surface area contributed by atoms with Gasteiger partial charge in [0.15, 0.2) is 6.10 Å². The minimum atomic E-state index is -0.473. The van der Waals surface area contributed by atoms with Gasteiger partial charge in [0.1, 0.15) is 6.10 Å². The van der Waals surface area contributed by atoms with E-state index in [1.807, 2.05) is 0 Å². The Morgan fingerprint density at radius 2 is 2.55 bits per heavy atom. The van der Waals surface area contributed by atoms with E-state index in [-0.39, 0.29) is 24.7 Å². The van der Waals surface area contributed by atoms with Crippen molar-refractivity contribution in [2.24, 2.45) is 5.73 Å². The highest BCUT2D eigenvalue weighted by Crippen LogP contribution is 2.31. The number of hydrogen-bond acceptors (Lipinski definition) is 3. The molecular formula is C6H8N2O3. The number of amides is 2. The number of epoxide rings is 1. The average molecular weight is 156 g/mol. The van der Waals surface area contributed by atoms with Crippen LogP contribution in [0.15, 0.2) is 0 Å². The Kier molecular flexibility index (Phi) is 1.17. The fraction of sp³-hybridized carbons (Fsp3) is 0.667. The number of nitrogens with zero attached hydrogens (tertiary/aromatic N) is 1. The third-order valence-corrected chi connectivity index (χ3v) is 1.88. The predicted octanol–water partition coefficient (Wildman–Crippen LogP) is -1.92. The molecule has 0 aromatic rings. The Balaban J connectivity index is 1.96. The van der Waals surface area contributed by atoms with Crippen molar-refractivity contribution in [3.8, 4) is 0 Å². The number of primary amides is 1. The van der Waals surface area contributed by atoms with Crippen LogP contribution in [0.3, 0.4) is 0 Å². The molecule has 11 heavy (non-hydrogen) atoms. The Morgan fingerprint density at radius 3 is 3.00 bits per heavy atom. The maximum Gasteiger partial charge on any atom is 0.255 e. The molecule has 0 spiro atoms. The summed E-state index contributed by atoms with van der Waals surface area (Å²) in [6.45, 7) is 0.543. The fourth-order valence-electron chi connectivity index (χ4n) is 1.32. The van der Waals surface area contributed by atoms with E-state index >= 15 is 0 Å². The topological polar surface area (TPSA) is 75.9 Å². The van der Waals surface area contributed by atoms with E-state index in [0.29, 0.717) is 6.54 Å². The van der Waals surface area contributed by atoms with Crippen LogP contribution in [-0.4, -0.2) is 42.0 Å². The largest absolute Gasteiger partial charge is 0.368 e. The fourth-order valence-corrected chi connectivity index (χ4v) is 1.32. The Bertz CT molecular complexity index is 228. The number of nitrogens with two attached hydrogens (primary N) is 1. The van der Waals surface area contributed by atoms with Crippen molar-refractivity contribution in [3.05, 3.63) is 0 Å². The van der Waals surface area contributed by atoms with Gasteiger partial charge in [-0.25, -0.2) is 0 Å². The first-order valence-electron chi connectivity index (χ1n) is 3.41. The summed E-state index contributed by atoms with van der Waals surface area (Å²) in [5, 5.41) is 0. The van der Waals surface area contributed by atoms with Crippen molar-refractivity contribution in [1.29, 1.82) is 0 Å². The Hall–Kier alpha value is -1.10. The van der Waals surface area contributed by atoms with E-state index in [1.165, 1.54) is 4.90 Å². The van der Waals surface area contributed by atoms with Crippen LogP contribution < -0.4 is 5.73 Å². The van der Waals surface area contributed by atoms with Gasteiger partial charge in [-0.05, 0) is 0 Å². The number of morpholine rings is 1. The standard InChI is InChI=1S/C6H8N2O3/c7-4(9)2-8-1-3-5(11-3)6(8)10/h3,5H,1-2H2,(H2,7,9). The lowest BCUT2D eigenvalue weighted by atomic mass is 10.4. The molecule has 0 saturated carbocycles. The smallest absolute Gasteiger partial charge is 0.255 e. The zero-order valence-corrected chi connectivity index (χ0v) is 5.82. The summed E-state index contributed by atoms with van der Waals surface area (Å²) in [7, 11) is 0. The molecule has 0 aromatic carbocycles. The van der Waals surface area contributed by atoms with E-state index in [4.69, 9.17) is 10.5 Å². The second kappa shape index (κ2) is 1.94. The van der Waals surface area contributed by atoms with Crippen LogP contribution in [0.25, 0.3) is 0 Å². The lowest BCUT2D eigenvalue weighted by Crippen LogP contribution is -2.37. The number of carbonyl (C=O) groups is 2. The minimum Gasteiger partial charge on any atom is -0.368 e. The Labute approximate surface area is 63.1 Å². The van der Waals surface area contributed by atoms with Crippen molar-refractivity contribution >= 4 is 11.8 Å². The maximum atomic E-state index is 11.1. The summed E-state index contributed by atoms with van der Waals surface area (Å²) >= 11 is 0. The summed E-state index contributed by atoms with van der Waals surface area (Å²) in [5.41, 5.74) is 4.92. The summed E-state index contributed by atoms with van der Waals surface area (Å²) in [6.07, 6.45) is -0.240. The van der Waals surface area contributed by atoms with Crippen molar-refractivity contribution < 1.29 is 14.3 Å². The molecule has 5 heteroatoms. The molecule has 2 aliphatic heterocycles. The highest BCUT2D eigenvalue weighted by atomic mass is 16.6. The van der Waals surface area contributed by atoms with Crippen molar-refractivity contribution in [1.82, 2.24) is 4.90 Å². The number of likely N-dealkylation sites (tertiary alicyclic amines) is 1. The highest BCUT2D eigenvalue weighted by Gasteiger charge is 2.54. The van der Waals surface area contributed by atoms with Gasteiger partial charge in [-0.2, -0.15) is 0 Å². The zero-order chi connectivity index (χ0) is 8.01. The molecule has 2 aliphatic rings. The molecular weight excluding hydrogens is 148 g/mol. The maximum absolute atomic E-state index is 11.1. The third-order valence-electron chi connectivity index (χ3n) is 1.88. The van der Waals surface area contributed by atoms with Gasteiger partial charge in [-0.3, -0.25) is 9.59 Å². The first-order valence-corrected chi connectivity index (χ1v) is 3.41. The predicted molar refractivity (Wildman–Crippen MR) is 34.4 cm³/mol. The zero-order valence-electron chi connectivity index (χ0n) is 5.82. The third kappa shape index (κ3) is 0.970. The lowest BCUT2D eigenvalue weighted by molar-refractivity contribution is -0.135. The Morgan fingerprint density at radius 1 is 1.82 bits per heavy atom. The molecule has 0 aromatic heterocycles. The van der Waals surface area contributed by atoms with Crippen molar-refractivity contribution in [2.75, 3.05) is 13.1 Å². The quantitative estimate of drug-likeness (QED) is 0.473. The van der Waals surface area contributed by atoms with Gasteiger partial charge in [0.2, 0.25) is 5.91 Å². The number of ether oxygens (including phenoxy) is 1. The van der Waals surface area contributed by atoms with Gasteiger partial charge in [0.05, 0.1) is 13.1 Å². The molecule has 2 rings (SSSR count). The number of fused-ring (bicyclic) bond motifs is 1. The molecule has 2 amide bonds. The van der Waals surface area contributed by atoms with Gasteiger partial charge in [-0.15, -0.1) is 0 Å². The number of hydrogen-bond donors (Lipinski definition) is 1. The molecule has 0 aliphatic carbocycles. The molecule has 2 unspecified atom stereocenters.